The summed E-state index contributed by atoms with van der Waals surface area (Å²) in [6, 6.07) is 3.87. The molecule has 0 aliphatic rings. The largest absolute Gasteiger partial charge is 0.486 e. The fourth-order valence-corrected chi connectivity index (χ4v) is 1.51. The van der Waals surface area contributed by atoms with Crippen molar-refractivity contribution in [2.45, 2.75) is 26.2 Å². The van der Waals surface area contributed by atoms with E-state index >= 15 is 0 Å². The van der Waals surface area contributed by atoms with E-state index in [1.54, 1.807) is 0 Å². The predicted molar refractivity (Wildman–Crippen MR) is 65.1 cm³/mol. The Balaban J connectivity index is 2.96. The van der Waals surface area contributed by atoms with Gasteiger partial charge in [0.25, 0.3) is 0 Å². The molecule has 0 spiro atoms. The van der Waals surface area contributed by atoms with Crippen LogP contribution in [-0.4, -0.2) is 22.6 Å². The van der Waals surface area contributed by atoms with Crippen molar-refractivity contribution in [3.8, 4) is 5.75 Å². The number of unbranched alkanes of at least 4 members (excludes halogenated alkanes) is 2. The molecule has 1 aromatic carbocycles. The Morgan fingerprint density at radius 3 is 2.72 bits per heavy atom. The third-order valence-corrected chi connectivity index (χ3v) is 2.42. The van der Waals surface area contributed by atoms with Gasteiger partial charge in [0.15, 0.2) is 0 Å². The summed E-state index contributed by atoms with van der Waals surface area (Å²) in [6.45, 7) is 2.30. The molecular weight excluding hydrogens is 238 g/mol. The molecule has 1 aromatic rings. The van der Waals surface area contributed by atoms with Crippen LogP contribution in [0.25, 0.3) is 0 Å². The van der Waals surface area contributed by atoms with Crippen molar-refractivity contribution in [3.63, 3.8) is 0 Å². The lowest BCUT2D eigenvalue weighted by Gasteiger charge is -2.09. The zero-order valence-corrected chi connectivity index (χ0v) is 10.1. The molecule has 0 radical (unpaired) electrons. The average Bonchev–Trinajstić information content (AvgIpc) is 2.34. The molecule has 0 atom stereocenters. The van der Waals surface area contributed by atoms with Gasteiger partial charge in [-0.3, -0.25) is 10.1 Å². The van der Waals surface area contributed by atoms with Crippen LogP contribution in [0.2, 0.25) is 0 Å². The summed E-state index contributed by atoms with van der Waals surface area (Å²) in [4.78, 5) is 21.2. The van der Waals surface area contributed by atoms with Gasteiger partial charge in [-0.2, -0.15) is 0 Å². The Morgan fingerprint density at radius 1 is 1.44 bits per heavy atom. The normalized spacial score (nSPS) is 10.1. The summed E-state index contributed by atoms with van der Waals surface area (Å²) in [7, 11) is 0. The molecule has 0 fully saturated rings. The number of nitrogens with zero attached hydrogens (tertiary/aromatic N) is 1. The minimum Gasteiger partial charge on any atom is -0.486 e. The Labute approximate surface area is 104 Å². The summed E-state index contributed by atoms with van der Waals surface area (Å²) in [5.74, 6) is -1.39. The molecule has 1 N–H and O–H groups in total. The number of para-hydroxylation sites is 1. The lowest BCUT2D eigenvalue weighted by molar-refractivity contribution is -0.385. The molecule has 0 aliphatic carbocycles. The molecule has 0 amide bonds. The van der Waals surface area contributed by atoms with Gasteiger partial charge >= 0.3 is 11.7 Å². The maximum Gasteiger partial charge on any atom is 0.339 e. The smallest absolute Gasteiger partial charge is 0.339 e. The van der Waals surface area contributed by atoms with E-state index in [2.05, 4.69) is 0 Å². The highest BCUT2D eigenvalue weighted by Gasteiger charge is 2.22. The summed E-state index contributed by atoms with van der Waals surface area (Å²) in [5, 5.41) is 19.8. The van der Waals surface area contributed by atoms with Crippen molar-refractivity contribution in [2.24, 2.45) is 0 Å². The summed E-state index contributed by atoms with van der Waals surface area (Å²) in [6.07, 6.45) is 2.66. The van der Waals surface area contributed by atoms with Crippen molar-refractivity contribution in [2.75, 3.05) is 6.61 Å². The molecule has 6 heteroatoms. The van der Waals surface area contributed by atoms with Gasteiger partial charge in [0.2, 0.25) is 5.75 Å². The van der Waals surface area contributed by atoms with Crippen molar-refractivity contribution in [1.82, 2.24) is 0 Å². The number of nitro benzene ring substituents is 1. The first-order valence-electron chi connectivity index (χ1n) is 5.71. The van der Waals surface area contributed by atoms with Crippen LogP contribution in [0.1, 0.15) is 36.5 Å². The second-order valence-corrected chi connectivity index (χ2v) is 3.77. The minimum atomic E-state index is -1.23. The van der Waals surface area contributed by atoms with E-state index in [-0.39, 0.29) is 23.6 Å². The van der Waals surface area contributed by atoms with Gasteiger partial charge in [0.1, 0.15) is 5.56 Å². The van der Waals surface area contributed by atoms with Crippen LogP contribution >= 0.6 is 0 Å². The van der Waals surface area contributed by atoms with Crippen LogP contribution in [0.4, 0.5) is 5.69 Å². The Bertz CT molecular complexity index is 412. The molecule has 1 rings (SSSR count). The van der Waals surface area contributed by atoms with E-state index in [4.69, 9.17) is 9.84 Å². The zero-order chi connectivity index (χ0) is 13.5. The lowest BCUT2D eigenvalue weighted by atomic mass is 10.1. The third-order valence-electron chi connectivity index (χ3n) is 2.42. The number of carboxylic acids is 1. The average molecular weight is 253 g/mol. The Kier molecular flexibility index (Phi) is 5.10. The first-order valence-corrected chi connectivity index (χ1v) is 5.71. The second-order valence-electron chi connectivity index (χ2n) is 3.77. The van der Waals surface area contributed by atoms with Gasteiger partial charge < -0.3 is 9.84 Å². The number of hydrogen-bond donors (Lipinski definition) is 1. The fraction of sp³-hybridized carbons (Fsp3) is 0.417. The van der Waals surface area contributed by atoms with Gasteiger partial charge in [-0.1, -0.05) is 25.8 Å². The van der Waals surface area contributed by atoms with Crippen molar-refractivity contribution in [3.05, 3.63) is 33.9 Å². The predicted octanol–water partition coefficient (Wildman–Crippen LogP) is 2.86. The van der Waals surface area contributed by atoms with E-state index in [9.17, 15) is 14.9 Å². The highest BCUT2D eigenvalue weighted by Crippen LogP contribution is 2.31. The van der Waals surface area contributed by atoms with E-state index < -0.39 is 10.9 Å². The molecule has 6 nitrogen and oxygen atoms in total. The van der Waals surface area contributed by atoms with Crippen molar-refractivity contribution < 1.29 is 19.6 Å². The molecule has 0 aromatic heterocycles. The van der Waals surface area contributed by atoms with Gasteiger partial charge in [-0.25, -0.2) is 4.79 Å². The van der Waals surface area contributed by atoms with Crippen LogP contribution in [0, 0.1) is 10.1 Å². The zero-order valence-electron chi connectivity index (χ0n) is 10.1. The standard InChI is InChI=1S/C12H15NO5/c1-2-3-4-8-18-11-9(12(14)15)6-5-7-10(11)13(16)17/h5-7H,2-4,8H2,1H3,(H,14,15). The highest BCUT2D eigenvalue weighted by atomic mass is 16.6. The third kappa shape index (κ3) is 3.44. The minimum absolute atomic E-state index is 0.161. The molecule has 98 valence electrons. The van der Waals surface area contributed by atoms with Crippen LogP contribution in [0.5, 0.6) is 5.75 Å². The number of rotatable bonds is 7. The monoisotopic (exact) mass is 253 g/mol. The quantitative estimate of drug-likeness (QED) is 0.458. The second kappa shape index (κ2) is 6.58. The Morgan fingerprint density at radius 2 is 2.17 bits per heavy atom. The van der Waals surface area contributed by atoms with Gasteiger partial charge in [0.05, 0.1) is 11.5 Å². The molecule has 0 heterocycles. The number of nitro groups is 1. The first-order chi connectivity index (χ1) is 8.57. The number of ether oxygens (including phenoxy) is 1. The van der Waals surface area contributed by atoms with Crippen LogP contribution in [-0.2, 0) is 0 Å². The fourth-order valence-electron chi connectivity index (χ4n) is 1.51. The molecule has 0 unspecified atom stereocenters. The number of carbonyl (C=O) groups is 1. The van der Waals surface area contributed by atoms with Crippen molar-refractivity contribution >= 4 is 11.7 Å². The first kappa shape index (κ1) is 14.0. The number of benzene rings is 1. The molecule has 18 heavy (non-hydrogen) atoms. The van der Waals surface area contributed by atoms with E-state index in [0.717, 1.165) is 19.3 Å². The van der Waals surface area contributed by atoms with Crippen LogP contribution in [0.15, 0.2) is 18.2 Å². The van der Waals surface area contributed by atoms with Crippen molar-refractivity contribution in [1.29, 1.82) is 0 Å². The van der Waals surface area contributed by atoms with Gasteiger partial charge in [-0.05, 0) is 12.5 Å². The molecule has 0 bridgehead atoms. The summed E-state index contributed by atoms with van der Waals surface area (Å²) >= 11 is 0. The molecule has 0 saturated carbocycles. The summed E-state index contributed by atoms with van der Waals surface area (Å²) in [5.41, 5.74) is -0.493. The highest BCUT2D eigenvalue weighted by molar-refractivity contribution is 5.92. The maximum absolute atomic E-state index is 11.0. The van der Waals surface area contributed by atoms with Crippen LogP contribution < -0.4 is 4.74 Å². The molecule has 0 aliphatic heterocycles. The lowest BCUT2D eigenvalue weighted by Crippen LogP contribution is -2.07. The van der Waals surface area contributed by atoms with Crippen LogP contribution in [0.3, 0.4) is 0 Å². The topological polar surface area (TPSA) is 89.7 Å². The SMILES string of the molecule is CCCCCOc1c(C(=O)O)cccc1[N+](=O)[O-]. The van der Waals surface area contributed by atoms with Gasteiger partial charge in [-0.15, -0.1) is 0 Å². The number of carboxylic acid groups (broad SMARTS) is 1. The number of hydrogen-bond acceptors (Lipinski definition) is 4. The Hall–Kier alpha value is -2.11. The number of aromatic carboxylic acids is 1. The van der Waals surface area contributed by atoms with Gasteiger partial charge in [0, 0.05) is 6.07 Å². The van der Waals surface area contributed by atoms with E-state index in [0.29, 0.717) is 0 Å². The maximum atomic E-state index is 11.0. The molecular formula is C12H15NO5. The molecule has 0 saturated heterocycles. The van der Waals surface area contributed by atoms with E-state index in [1.807, 2.05) is 6.92 Å². The summed E-state index contributed by atoms with van der Waals surface area (Å²) < 4.78 is 5.27. The van der Waals surface area contributed by atoms with E-state index in [1.165, 1.54) is 18.2 Å².